The molecule has 0 radical (unpaired) electrons. The van der Waals surface area contributed by atoms with Gasteiger partial charge in [-0.2, -0.15) is 11.3 Å². The molecule has 98 valence electrons. The molecule has 0 aromatic carbocycles. The Morgan fingerprint density at radius 2 is 2.22 bits per heavy atom. The lowest BCUT2D eigenvalue weighted by Crippen LogP contribution is -2.26. The van der Waals surface area contributed by atoms with E-state index in [0.717, 1.165) is 25.3 Å². The van der Waals surface area contributed by atoms with Crippen LogP contribution in [0.3, 0.4) is 0 Å². The average molecular weight is 263 g/mol. The van der Waals surface area contributed by atoms with Gasteiger partial charge in [-0.3, -0.25) is 0 Å². The van der Waals surface area contributed by atoms with Gasteiger partial charge in [-0.15, -0.1) is 0 Å². The first-order valence-corrected chi connectivity index (χ1v) is 7.49. The first-order chi connectivity index (χ1) is 8.77. The summed E-state index contributed by atoms with van der Waals surface area (Å²) in [6, 6.07) is 0.214. The Balaban J connectivity index is 2.34. The van der Waals surface area contributed by atoms with E-state index in [2.05, 4.69) is 52.6 Å². The van der Waals surface area contributed by atoms with Crippen molar-refractivity contribution in [2.24, 2.45) is 0 Å². The summed E-state index contributed by atoms with van der Waals surface area (Å²) in [7, 11) is 0. The van der Waals surface area contributed by atoms with E-state index in [4.69, 9.17) is 0 Å². The molecule has 0 spiro atoms. The zero-order valence-electron chi connectivity index (χ0n) is 11.3. The van der Waals surface area contributed by atoms with Crippen molar-refractivity contribution in [1.82, 2.24) is 14.9 Å². The van der Waals surface area contributed by atoms with Crippen molar-refractivity contribution >= 4 is 11.3 Å². The van der Waals surface area contributed by atoms with Crippen molar-refractivity contribution < 1.29 is 0 Å². The third-order valence-corrected chi connectivity index (χ3v) is 4.03. The fraction of sp³-hybridized carbons (Fsp3) is 0.500. The third kappa shape index (κ3) is 2.65. The topological polar surface area (TPSA) is 29.9 Å². The van der Waals surface area contributed by atoms with Crippen LogP contribution in [-0.4, -0.2) is 16.1 Å². The predicted octanol–water partition coefficient (Wildman–Crippen LogP) is 3.36. The van der Waals surface area contributed by atoms with Gasteiger partial charge in [0.1, 0.15) is 5.82 Å². The molecule has 1 N–H and O–H groups in total. The van der Waals surface area contributed by atoms with E-state index in [9.17, 15) is 0 Å². The van der Waals surface area contributed by atoms with Gasteiger partial charge in [-0.05, 0) is 48.7 Å². The lowest BCUT2D eigenvalue weighted by atomic mass is 10.1. The molecule has 1 atom stereocenters. The van der Waals surface area contributed by atoms with Crippen molar-refractivity contribution in [3.63, 3.8) is 0 Å². The van der Waals surface area contributed by atoms with Crippen LogP contribution in [0.1, 0.15) is 43.3 Å². The predicted molar refractivity (Wildman–Crippen MR) is 77.1 cm³/mol. The number of aromatic nitrogens is 2. The number of nitrogens with one attached hydrogen (secondary N) is 1. The number of imidazole rings is 1. The number of rotatable bonds is 6. The number of hydrogen-bond donors (Lipinski definition) is 1. The van der Waals surface area contributed by atoms with Crippen LogP contribution in [-0.2, 0) is 6.54 Å². The number of hydrogen-bond acceptors (Lipinski definition) is 3. The van der Waals surface area contributed by atoms with Gasteiger partial charge < -0.3 is 9.88 Å². The summed E-state index contributed by atoms with van der Waals surface area (Å²) in [6.45, 7) is 8.49. The van der Waals surface area contributed by atoms with Gasteiger partial charge in [0.15, 0.2) is 0 Å². The van der Waals surface area contributed by atoms with Crippen LogP contribution < -0.4 is 5.32 Å². The van der Waals surface area contributed by atoms with Crippen LogP contribution in [0.25, 0.3) is 0 Å². The summed E-state index contributed by atoms with van der Waals surface area (Å²) >= 11 is 1.76. The summed E-state index contributed by atoms with van der Waals surface area (Å²) < 4.78 is 2.21. The first-order valence-electron chi connectivity index (χ1n) is 6.55. The molecule has 0 saturated heterocycles. The van der Waals surface area contributed by atoms with E-state index >= 15 is 0 Å². The maximum atomic E-state index is 4.54. The molecule has 0 saturated carbocycles. The first kappa shape index (κ1) is 13.3. The van der Waals surface area contributed by atoms with Gasteiger partial charge in [0.25, 0.3) is 0 Å². The summed E-state index contributed by atoms with van der Waals surface area (Å²) in [5, 5.41) is 8.05. The van der Waals surface area contributed by atoms with E-state index in [1.165, 1.54) is 11.1 Å². The second-order valence-electron chi connectivity index (χ2n) is 4.47. The molecule has 18 heavy (non-hydrogen) atoms. The lowest BCUT2D eigenvalue weighted by molar-refractivity contribution is 0.541. The summed E-state index contributed by atoms with van der Waals surface area (Å²) in [5.41, 5.74) is 2.70. The van der Waals surface area contributed by atoms with Crippen LogP contribution in [0.5, 0.6) is 0 Å². The molecule has 0 amide bonds. The van der Waals surface area contributed by atoms with Crippen molar-refractivity contribution in [2.45, 2.75) is 39.8 Å². The highest BCUT2D eigenvalue weighted by Gasteiger charge is 2.20. The summed E-state index contributed by atoms with van der Waals surface area (Å²) in [4.78, 5) is 4.54. The Morgan fingerprint density at radius 1 is 1.39 bits per heavy atom. The van der Waals surface area contributed by atoms with E-state index < -0.39 is 0 Å². The molecule has 1 unspecified atom stereocenters. The second-order valence-corrected chi connectivity index (χ2v) is 5.21. The highest BCUT2D eigenvalue weighted by Crippen LogP contribution is 2.26. The van der Waals surface area contributed by atoms with Crippen molar-refractivity contribution in [3.8, 4) is 0 Å². The fourth-order valence-corrected chi connectivity index (χ4v) is 3.02. The molecule has 2 heterocycles. The largest absolute Gasteiger partial charge is 0.334 e. The van der Waals surface area contributed by atoms with Gasteiger partial charge in [-0.1, -0.05) is 6.92 Å². The lowest BCUT2D eigenvalue weighted by Gasteiger charge is -2.19. The van der Waals surface area contributed by atoms with Crippen LogP contribution in [0.4, 0.5) is 0 Å². The van der Waals surface area contributed by atoms with E-state index in [1.807, 2.05) is 6.20 Å². The zero-order chi connectivity index (χ0) is 13.0. The third-order valence-electron chi connectivity index (χ3n) is 3.15. The standard InChI is InChI=1S/C14H21N3S/c1-4-6-15-13(12-10-18-9-11(12)3)14-16-7-8-17(14)5-2/h7-10,13,15H,4-6H2,1-3H3. The van der Waals surface area contributed by atoms with Gasteiger partial charge in [-0.25, -0.2) is 4.98 Å². The minimum atomic E-state index is 0.214. The molecule has 2 aromatic rings. The van der Waals surface area contributed by atoms with E-state index in [-0.39, 0.29) is 6.04 Å². The molecule has 0 aliphatic rings. The Morgan fingerprint density at radius 3 is 2.83 bits per heavy atom. The molecular weight excluding hydrogens is 242 g/mol. The van der Waals surface area contributed by atoms with Crippen LogP contribution >= 0.6 is 11.3 Å². The number of aryl methyl sites for hydroxylation is 2. The quantitative estimate of drug-likeness (QED) is 0.866. The van der Waals surface area contributed by atoms with Crippen LogP contribution in [0, 0.1) is 6.92 Å². The Hall–Kier alpha value is -1.13. The van der Waals surface area contributed by atoms with Crippen LogP contribution in [0.2, 0.25) is 0 Å². The summed E-state index contributed by atoms with van der Waals surface area (Å²) in [6.07, 6.45) is 5.07. The van der Waals surface area contributed by atoms with Crippen molar-refractivity contribution in [3.05, 3.63) is 40.1 Å². The van der Waals surface area contributed by atoms with Gasteiger partial charge in [0.2, 0.25) is 0 Å². The fourth-order valence-electron chi connectivity index (χ4n) is 2.14. The van der Waals surface area contributed by atoms with Crippen LogP contribution in [0.15, 0.2) is 23.2 Å². The average Bonchev–Trinajstić information content (AvgIpc) is 2.99. The molecule has 3 nitrogen and oxygen atoms in total. The van der Waals surface area contributed by atoms with Gasteiger partial charge >= 0.3 is 0 Å². The van der Waals surface area contributed by atoms with Crippen molar-refractivity contribution in [2.75, 3.05) is 6.54 Å². The molecule has 0 fully saturated rings. The number of nitrogens with zero attached hydrogens (tertiary/aromatic N) is 2. The SMILES string of the molecule is CCCNC(c1cscc1C)c1nccn1CC. The molecule has 2 rings (SSSR count). The number of thiophene rings is 1. The molecule has 2 aromatic heterocycles. The van der Waals surface area contributed by atoms with Crippen molar-refractivity contribution in [1.29, 1.82) is 0 Å². The Labute approximate surface area is 113 Å². The van der Waals surface area contributed by atoms with Gasteiger partial charge in [0, 0.05) is 18.9 Å². The highest BCUT2D eigenvalue weighted by molar-refractivity contribution is 7.08. The Bertz CT molecular complexity index is 487. The highest BCUT2D eigenvalue weighted by atomic mass is 32.1. The minimum absolute atomic E-state index is 0.214. The normalized spacial score (nSPS) is 12.8. The maximum Gasteiger partial charge on any atom is 0.130 e. The molecule has 0 bridgehead atoms. The smallest absolute Gasteiger partial charge is 0.130 e. The molecular formula is C14H21N3S. The molecule has 4 heteroatoms. The zero-order valence-corrected chi connectivity index (χ0v) is 12.1. The minimum Gasteiger partial charge on any atom is -0.334 e. The monoisotopic (exact) mass is 263 g/mol. The maximum absolute atomic E-state index is 4.54. The van der Waals surface area contributed by atoms with E-state index in [0.29, 0.717) is 0 Å². The Kier molecular flexibility index (Phi) is 4.55. The summed E-state index contributed by atoms with van der Waals surface area (Å²) in [5.74, 6) is 1.12. The molecule has 0 aliphatic carbocycles. The van der Waals surface area contributed by atoms with Gasteiger partial charge in [0.05, 0.1) is 6.04 Å². The van der Waals surface area contributed by atoms with E-state index in [1.54, 1.807) is 11.3 Å². The molecule has 0 aliphatic heterocycles. The second kappa shape index (κ2) is 6.16.